The van der Waals surface area contributed by atoms with E-state index in [4.69, 9.17) is 5.26 Å². The summed E-state index contributed by atoms with van der Waals surface area (Å²) in [6.45, 7) is 4.99. The highest BCUT2D eigenvalue weighted by molar-refractivity contribution is 5.96. The summed E-state index contributed by atoms with van der Waals surface area (Å²) in [4.78, 5) is 24.3. The molecular formula is C14H18N4O3. The fraction of sp³-hybridized carbons (Fsp3) is 0.429. The third-order valence-corrected chi connectivity index (χ3v) is 2.97. The van der Waals surface area contributed by atoms with Crippen molar-refractivity contribution in [2.24, 2.45) is 0 Å². The molecule has 0 bridgehead atoms. The van der Waals surface area contributed by atoms with Crippen LogP contribution >= 0.6 is 0 Å². The van der Waals surface area contributed by atoms with Gasteiger partial charge in [0.25, 0.3) is 11.6 Å². The Labute approximate surface area is 123 Å². The van der Waals surface area contributed by atoms with Gasteiger partial charge >= 0.3 is 0 Å². The van der Waals surface area contributed by atoms with Crippen LogP contribution in [0.15, 0.2) is 18.2 Å². The number of hydrogen-bond acceptors (Lipinski definition) is 5. The predicted octanol–water partition coefficient (Wildman–Crippen LogP) is 2.40. The Morgan fingerprint density at radius 3 is 2.71 bits per heavy atom. The predicted molar refractivity (Wildman–Crippen MR) is 79.1 cm³/mol. The van der Waals surface area contributed by atoms with Crippen LogP contribution in [0.1, 0.15) is 30.6 Å². The van der Waals surface area contributed by atoms with Crippen molar-refractivity contribution in [2.45, 2.75) is 20.3 Å². The quantitative estimate of drug-likeness (QED) is 0.614. The maximum atomic E-state index is 12.3. The zero-order valence-corrected chi connectivity index (χ0v) is 12.1. The molecule has 0 saturated carbocycles. The van der Waals surface area contributed by atoms with Crippen molar-refractivity contribution in [1.82, 2.24) is 4.90 Å². The Balaban J connectivity index is 3.07. The Bertz CT molecular complexity index is 566. The lowest BCUT2D eigenvalue weighted by Crippen LogP contribution is -2.31. The molecular weight excluding hydrogens is 272 g/mol. The Kier molecular flexibility index (Phi) is 6.14. The Hall–Kier alpha value is -2.62. The summed E-state index contributed by atoms with van der Waals surface area (Å²) in [6.07, 6.45) is 0.257. The number of carbonyl (C=O) groups is 1. The number of nitrogens with one attached hydrogen (secondary N) is 1. The lowest BCUT2D eigenvalue weighted by atomic mass is 10.1. The monoisotopic (exact) mass is 290 g/mol. The van der Waals surface area contributed by atoms with Crippen molar-refractivity contribution < 1.29 is 9.72 Å². The number of nitrogens with zero attached hydrogens (tertiary/aromatic N) is 3. The average molecular weight is 290 g/mol. The minimum absolute atomic E-state index is 0.0616. The first-order valence-corrected chi connectivity index (χ1v) is 6.73. The SMILES string of the molecule is CCNc1cc(C(=O)N(CC)CCC#N)ccc1[N+](=O)[O-]. The van der Waals surface area contributed by atoms with E-state index < -0.39 is 4.92 Å². The summed E-state index contributed by atoms with van der Waals surface area (Å²) < 4.78 is 0. The number of benzene rings is 1. The van der Waals surface area contributed by atoms with E-state index >= 15 is 0 Å². The molecule has 0 aliphatic rings. The molecule has 1 amide bonds. The van der Waals surface area contributed by atoms with Crippen LogP contribution in [0.4, 0.5) is 11.4 Å². The fourth-order valence-corrected chi connectivity index (χ4v) is 1.93. The van der Waals surface area contributed by atoms with Crippen molar-refractivity contribution >= 4 is 17.3 Å². The Morgan fingerprint density at radius 2 is 2.19 bits per heavy atom. The van der Waals surface area contributed by atoms with Crippen LogP contribution in [0.5, 0.6) is 0 Å². The van der Waals surface area contributed by atoms with Gasteiger partial charge in [-0.1, -0.05) is 0 Å². The summed E-state index contributed by atoms with van der Waals surface area (Å²) in [5, 5.41) is 22.4. The molecule has 7 heteroatoms. The summed E-state index contributed by atoms with van der Waals surface area (Å²) >= 11 is 0. The number of amides is 1. The standard InChI is InChI=1S/C14H18N4O3/c1-3-16-12-10-11(6-7-13(12)18(20)21)14(19)17(4-2)9-5-8-15/h6-7,10,16H,3-5,9H2,1-2H3. The molecule has 112 valence electrons. The molecule has 0 saturated heterocycles. The number of nitro groups is 1. The lowest BCUT2D eigenvalue weighted by molar-refractivity contribution is -0.384. The van der Waals surface area contributed by atoms with Gasteiger partial charge in [0.2, 0.25) is 0 Å². The van der Waals surface area contributed by atoms with Gasteiger partial charge in [0, 0.05) is 31.3 Å². The summed E-state index contributed by atoms with van der Waals surface area (Å²) in [5.41, 5.74) is 0.634. The maximum Gasteiger partial charge on any atom is 0.292 e. The van der Waals surface area contributed by atoms with Gasteiger partial charge < -0.3 is 10.2 Å². The minimum Gasteiger partial charge on any atom is -0.380 e. The van der Waals surface area contributed by atoms with E-state index in [0.717, 1.165) is 0 Å². The minimum atomic E-state index is -0.487. The summed E-state index contributed by atoms with van der Waals surface area (Å²) in [5.74, 6) is -0.234. The lowest BCUT2D eigenvalue weighted by Gasteiger charge is -2.19. The second-order valence-corrected chi connectivity index (χ2v) is 4.31. The van der Waals surface area contributed by atoms with Gasteiger partial charge in [-0.15, -0.1) is 0 Å². The van der Waals surface area contributed by atoms with Gasteiger partial charge in [0.15, 0.2) is 0 Å². The molecule has 0 aromatic heterocycles. The van der Waals surface area contributed by atoms with Crippen LogP contribution < -0.4 is 5.32 Å². The van der Waals surface area contributed by atoms with E-state index in [9.17, 15) is 14.9 Å². The average Bonchev–Trinajstić information content (AvgIpc) is 2.47. The van der Waals surface area contributed by atoms with Crippen molar-refractivity contribution in [1.29, 1.82) is 5.26 Å². The van der Waals surface area contributed by atoms with Crippen LogP contribution in [0.3, 0.4) is 0 Å². The fourth-order valence-electron chi connectivity index (χ4n) is 1.93. The van der Waals surface area contributed by atoms with E-state index in [0.29, 0.717) is 30.9 Å². The number of anilines is 1. The molecule has 1 aromatic rings. The van der Waals surface area contributed by atoms with Gasteiger partial charge in [-0.25, -0.2) is 0 Å². The van der Waals surface area contributed by atoms with E-state index in [1.165, 1.54) is 18.2 Å². The number of hydrogen-bond donors (Lipinski definition) is 1. The van der Waals surface area contributed by atoms with Crippen LogP contribution in [-0.2, 0) is 0 Å². The zero-order chi connectivity index (χ0) is 15.8. The number of nitro benzene ring substituents is 1. The number of rotatable bonds is 7. The molecule has 0 spiro atoms. The van der Waals surface area contributed by atoms with Gasteiger partial charge in [-0.3, -0.25) is 14.9 Å². The van der Waals surface area contributed by atoms with E-state index in [2.05, 4.69) is 5.32 Å². The first-order valence-electron chi connectivity index (χ1n) is 6.73. The highest BCUT2D eigenvalue weighted by Gasteiger charge is 2.19. The molecule has 0 heterocycles. The van der Waals surface area contributed by atoms with Crippen LogP contribution in [0.2, 0.25) is 0 Å². The molecule has 0 radical (unpaired) electrons. The van der Waals surface area contributed by atoms with Crippen molar-refractivity contribution in [2.75, 3.05) is 25.0 Å². The highest BCUT2D eigenvalue weighted by Crippen LogP contribution is 2.26. The van der Waals surface area contributed by atoms with Gasteiger partial charge in [0.05, 0.1) is 17.4 Å². The van der Waals surface area contributed by atoms with Crippen LogP contribution in [-0.4, -0.2) is 35.4 Å². The molecule has 0 aliphatic carbocycles. The molecule has 21 heavy (non-hydrogen) atoms. The molecule has 1 N–H and O–H groups in total. The van der Waals surface area contributed by atoms with Crippen LogP contribution in [0, 0.1) is 21.4 Å². The molecule has 7 nitrogen and oxygen atoms in total. The van der Waals surface area contributed by atoms with E-state index in [1.54, 1.807) is 4.90 Å². The van der Waals surface area contributed by atoms with E-state index in [1.807, 2.05) is 19.9 Å². The highest BCUT2D eigenvalue weighted by atomic mass is 16.6. The van der Waals surface area contributed by atoms with E-state index in [-0.39, 0.29) is 18.0 Å². The molecule has 1 rings (SSSR count). The third-order valence-electron chi connectivity index (χ3n) is 2.97. The van der Waals surface area contributed by atoms with Crippen LogP contribution in [0.25, 0.3) is 0 Å². The third kappa shape index (κ3) is 4.18. The second kappa shape index (κ2) is 7.85. The zero-order valence-electron chi connectivity index (χ0n) is 12.1. The smallest absolute Gasteiger partial charge is 0.292 e. The van der Waals surface area contributed by atoms with Gasteiger partial charge in [0.1, 0.15) is 5.69 Å². The first-order chi connectivity index (χ1) is 10.0. The molecule has 0 aliphatic heterocycles. The number of carbonyl (C=O) groups excluding carboxylic acids is 1. The topological polar surface area (TPSA) is 99.3 Å². The Morgan fingerprint density at radius 1 is 1.48 bits per heavy atom. The van der Waals surface area contributed by atoms with Crippen molar-refractivity contribution in [3.63, 3.8) is 0 Å². The maximum absolute atomic E-state index is 12.3. The second-order valence-electron chi connectivity index (χ2n) is 4.31. The molecule has 0 fully saturated rings. The molecule has 0 unspecified atom stereocenters. The normalized spacial score (nSPS) is 9.76. The van der Waals surface area contributed by atoms with Crippen molar-refractivity contribution in [3.05, 3.63) is 33.9 Å². The van der Waals surface area contributed by atoms with Crippen molar-refractivity contribution in [3.8, 4) is 6.07 Å². The first kappa shape index (κ1) is 16.4. The molecule has 0 atom stereocenters. The van der Waals surface area contributed by atoms with Gasteiger partial charge in [-0.2, -0.15) is 5.26 Å². The molecule has 1 aromatic carbocycles. The van der Waals surface area contributed by atoms with Gasteiger partial charge in [-0.05, 0) is 26.0 Å². The number of nitriles is 1. The summed E-state index contributed by atoms with van der Waals surface area (Å²) in [7, 11) is 0. The summed E-state index contributed by atoms with van der Waals surface area (Å²) in [6, 6.07) is 6.25. The largest absolute Gasteiger partial charge is 0.380 e.